The first-order valence-corrected chi connectivity index (χ1v) is 10.4. The minimum absolute atomic E-state index is 0.112. The van der Waals surface area contributed by atoms with Crippen molar-refractivity contribution in [2.75, 3.05) is 5.75 Å². The average Bonchev–Trinajstić information content (AvgIpc) is 3.08. The third-order valence-corrected chi connectivity index (χ3v) is 5.77. The molecule has 0 aliphatic heterocycles. The first-order chi connectivity index (χ1) is 13.3. The van der Waals surface area contributed by atoms with Crippen LogP contribution in [0.3, 0.4) is 0 Å². The highest BCUT2D eigenvalue weighted by Gasteiger charge is 2.15. The molecule has 0 radical (unpaired) electrons. The van der Waals surface area contributed by atoms with Crippen molar-refractivity contribution >= 4 is 40.9 Å². The molecule has 0 fully saturated rings. The Labute approximate surface area is 178 Å². The van der Waals surface area contributed by atoms with E-state index in [-0.39, 0.29) is 17.7 Å². The van der Waals surface area contributed by atoms with Gasteiger partial charge in [0.1, 0.15) is 6.33 Å². The number of carbonyl (C=O) groups excluding carboxylic acids is 1. The number of hydrogen-bond acceptors (Lipinski definition) is 4. The predicted molar refractivity (Wildman–Crippen MR) is 115 cm³/mol. The van der Waals surface area contributed by atoms with Gasteiger partial charge in [0.05, 0.1) is 17.5 Å². The topological polar surface area (TPSA) is 59.8 Å². The van der Waals surface area contributed by atoms with Crippen molar-refractivity contribution in [2.24, 2.45) is 0 Å². The lowest BCUT2D eigenvalue weighted by Gasteiger charge is -2.16. The molecule has 28 heavy (non-hydrogen) atoms. The van der Waals surface area contributed by atoms with E-state index >= 15 is 0 Å². The van der Waals surface area contributed by atoms with Crippen molar-refractivity contribution in [2.45, 2.75) is 32.0 Å². The lowest BCUT2D eigenvalue weighted by atomic mass is 10.1. The van der Waals surface area contributed by atoms with Crippen LogP contribution in [0.5, 0.6) is 0 Å². The monoisotopic (exact) mass is 434 g/mol. The fourth-order valence-electron chi connectivity index (χ4n) is 2.91. The van der Waals surface area contributed by atoms with Crippen molar-refractivity contribution in [3.8, 4) is 5.69 Å². The number of halogens is 2. The average molecular weight is 435 g/mol. The zero-order valence-corrected chi connectivity index (χ0v) is 18.1. The van der Waals surface area contributed by atoms with E-state index in [4.69, 9.17) is 23.2 Å². The largest absolute Gasteiger partial charge is 0.349 e. The number of amides is 1. The van der Waals surface area contributed by atoms with Gasteiger partial charge in [-0.05, 0) is 50.1 Å². The Balaban J connectivity index is 1.65. The van der Waals surface area contributed by atoms with Crippen LogP contribution in [0.15, 0.2) is 47.9 Å². The van der Waals surface area contributed by atoms with E-state index in [0.717, 1.165) is 16.8 Å². The maximum absolute atomic E-state index is 12.4. The molecule has 1 aromatic heterocycles. The third kappa shape index (κ3) is 4.87. The zero-order valence-electron chi connectivity index (χ0n) is 15.7. The molecule has 0 saturated heterocycles. The van der Waals surface area contributed by atoms with Crippen LogP contribution in [-0.4, -0.2) is 26.4 Å². The van der Waals surface area contributed by atoms with Crippen LogP contribution in [-0.2, 0) is 4.79 Å². The lowest BCUT2D eigenvalue weighted by Crippen LogP contribution is -2.28. The molecule has 0 bridgehead atoms. The Bertz CT molecular complexity index is 1010. The van der Waals surface area contributed by atoms with Gasteiger partial charge in [0.25, 0.3) is 0 Å². The van der Waals surface area contributed by atoms with Crippen LogP contribution in [0.25, 0.3) is 5.69 Å². The Morgan fingerprint density at radius 2 is 2.00 bits per heavy atom. The first-order valence-electron chi connectivity index (χ1n) is 8.70. The van der Waals surface area contributed by atoms with Gasteiger partial charge in [0.2, 0.25) is 5.91 Å². The number of thioether (sulfide) groups is 1. The fourth-order valence-corrected chi connectivity index (χ4v) is 4.21. The standard InChI is InChI=1S/C20H20Cl2N4OS/c1-12-4-7-18(13(2)8-12)26-11-23-25-20(26)28-10-19(27)24-14(3)16-6-5-15(21)9-17(16)22/h4-9,11,14H,10H2,1-3H3,(H,24,27). The molecule has 0 spiro atoms. The molecule has 0 aliphatic rings. The summed E-state index contributed by atoms with van der Waals surface area (Å²) in [6.07, 6.45) is 1.66. The minimum atomic E-state index is -0.227. The summed E-state index contributed by atoms with van der Waals surface area (Å²) in [5.74, 6) is 0.109. The van der Waals surface area contributed by atoms with Gasteiger partial charge in [-0.3, -0.25) is 9.36 Å². The first kappa shape index (κ1) is 20.7. The Morgan fingerprint density at radius 3 is 2.71 bits per heavy atom. The van der Waals surface area contributed by atoms with Gasteiger partial charge in [-0.25, -0.2) is 0 Å². The molecule has 146 valence electrons. The zero-order chi connectivity index (χ0) is 20.3. The SMILES string of the molecule is Cc1ccc(-n2cnnc2SCC(=O)NC(C)c2ccc(Cl)cc2Cl)c(C)c1. The van der Waals surface area contributed by atoms with E-state index in [9.17, 15) is 4.79 Å². The third-order valence-electron chi connectivity index (χ3n) is 4.27. The van der Waals surface area contributed by atoms with Crippen molar-refractivity contribution < 1.29 is 4.79 Å². The number of nitrogens with one attached hydrogen (secondary N) is 1. The van der Waals surface area contributed by atoms with Gasteiger partial charge in [0, 0.05) is 10.0 Å². The van der Waals surface area contributed by atoms with E-state index in [0.29, 0.717) is 15.2 Å². The van der Waals surface area contributed by atoms with E-state index in [1.54, 1.807) is 18.5 Å². The molecule has 8 heteroatoms. The second kappa shape index (κ2) is 8.99. The number of carbonyl (C=O) groups is 1. The summed E-state index contributed by atoms with van der Waals surface area (Å²) in [6, 6.07) is 11.2. The molecule has 5 nitrogen and oxygen atoms in total. The van der Waals surface area contributed by atoms with Crippen LogP contribution in [0.4, 0.5) is 0 Å². The van der Waals surface area contributed by atoms with E-state index in [1.807, 2.05) is 36.6 Å². The highest BCUT2D eigenvalue weighted by atomic mass is 35.5. The number of aromatic nitrogens is 3. The van der Waals surface area contributed by atoms with Crippen LogP contribution in [0, 0.1) is 13.8 Å². The highest BCUT2D eigenvalue weighted by molar-refractivity contribution is 7.99. The maximum Gasteiger partial charge on any atom is 0.230 e. The second-order valence-corrected chi connectivity index (χ2v) is 8.30. The summed E-state index contributed by atoms with van der Waals surface area (Å²) in [5, 5.41) is 12.9. The number of nitrogens with zero attached hydrogens (tertiary/aromatic N) is 3. The summed E-state index contributed by atoms with van der Waals surface area (Å²) < 4.78 is 1.90. The van der Waals surface area contributed by atoms with Crippen LogP contribution < -0.4 is 5.32 Å². The fraction of sp³-hybridized carbons (Fsp3) is 0.250. The van der Waals surface area contributed by atoms with Gasteiger partial charge in [-0.1, -0.05) is 58.7 Å². The van der Waals surface area contributed by atoms with E-state index in [1.165, 1.54) is 17.3 Å². The van der Waals surface area contributed by atoms with Gasteiger partial charge < -0.3 is 5.32 Å². The molecule has 3 rings (SSSR count). The van der Waals surface area contributed by atoms with Crippen molar-refractivity contribution in [3.05, 3.63) is 69.5 Å². The van der Waals surface area contributed by atoms with Crippen LogP contribution in [0.1, 0.15) is 29.7 Å². The maximum atomic E-state index is 12.4. The molecule has 1 atom stereocenters. The number of rotatable bonds is 6. The van der Waals surface area contributed by atoms with Crippen molar-refractivity contribution in [3.63, 3.8) is 0 Å². The summed E-state index contributed by atoms with van der Waals surface area (Å²) in [4.78, 5) is 12.4. The van der Waals surface area contributed by atoms with Crippen LogP contribution in [0.2, 0.25) is 10.0 Å². The number of aryl methyl sites for hydroxylation is 2. The van der Waals surface area contributed by atoms with Gasteiger partial charge >= 0.3 is 0 Å². The summed E-state index contributed by atoms with van der Waals surface area (Å²) >= 11 is 13.5. The molecule has 2 aromatic carbocycles. The molecule has 0 saturated carbocycles. The predicted octanol–water partition coefficient (Wildman–Crippen LogP) is 5.16. The molecule has 0 aliphatic carbocycles. The van der Waals surface area contributed by atoms with Crippen molar-refractivity contribution in [1.82, 2.24) is 20.1 Å². The van der Waals surface area contributed by atoms with Gasteiger partial charge in [0.15, 0.2) is 5.16 Å². The smallest absolute Gasteiger partial charge is 0.230 e. The minimum Gasteiger partial charge on any atom is -0.349 e. The summed E-state index contributed by atoms with van der Waals surface area (Å²) in [7, 11) is 0. The number of benzene rings is 2. The van der Waals surface area contributed by atoms with Gasteiger partial charge in [-0.15, -0.1) is 10.2 Å². The molecule has 1 heterocycles. The molecular formula is C20H20Cl2N4OS. The molecule has 1 amide bonds. The molecule has 3 aromatic rings. The number of hydrogen-bond donors (Lipinski definition) is 1. The molecule has 1 N–H and O–H groups in total. The summed E-state index contributed by atoms with van der Waals surface area (Å²) in [6.45, 7) is 5.98. The lowest BCUT2D eigenvalue weighted by molar-refractivity contribution is -0.119. The van der Waals surface area contributed by atoms with Crippen LogP contribution >= 0.6 is 35.0 Å². The van der Waals surface area contributed by atoms with E-state index in [2.05, 4.69) is 28.5 Å². The Kier molecular flexibility index (Phi) is 6.65. The van der Waals surface area contributed by atoms with Crippen molar-refractivity contribution in [1.29, 1.82) is 0 Å². The summed E-state index contributed by atoms with van der Waals surface area (Å²) in [5.41, 5.74) is 4.14. The second-order valence-electron chi connectivity index (χ2n) is 6.52. The highest BCUT2D eigenvalue weighted by Crippen LogP contribution is 2.27. The quantitative estimate of drug-likeness (QED) is 0.544. The Morgan fingerprint density at radius 1 is 1.21 bits per heavy atom. The van der Waals surface area contributed by atoms with E-state index < -0.39 is 0 Å². The normalized spacial score (nSPS) is 12.0. The van der Waals surface area contributed by atoms with Gasteiger partial charge in [-0.2, -0.15) is 0 Å². The molecule has 1 unspecified atom stereocenters. The molecular weight excluding hydrogens is 415 g/mol. The Hall–Kier alpha value is -2.02.